The molecule has 0 aromatic heterocycles. The van der Waals surface area contributed by atoms with Gasteiger partial charge in [-0.2, -0.15) is 0 Å². The number of hydrogen-bond donors (Lipinski definition) is 1. The van der Waals surface area contributed by atoms with Crippen molar-refractivity contribution in [2.24, 2.45) is 17.8 Å². The number of rotatable bonds is 7. The van der Waals surface area contributed by atoms with Gasteiger partial charge >= 0.3 is 0 Å². The van der Waals surface area contributed by atoms with Gasteiger partial charge in [-0.05, 0) is 81.0 Å². The summed E-state index contributed by atoms with van der Waals surface area (Å²) in [6.07, 6.45) is 1.93. The van der Waals surface area contributed by atoms with Gasteiger partial charge in [0, 0.05) is 6.04 Å². The van der Waals surface area contributed by atoms with Gasteiger partial charge in [-0.1, -0.05) is 91.9 Å². The van der Waals surface area contributed by atoms with Crippen molar-refractivity contribution in [2.75, 3.05) is 14.1 Å². The second-order valence-corrected chi connectivity index (χ2v) is 11.7. The minimum absolute atomic E-state index is 0.275. The second kappa shape index (κ2) is 10.3. The average molecular weight is 446 g/mol. The van der Waals surface area contributed by atoms with Crippen molar-refractivity contribution in [3.05, 3.63) is 90.5 Å². The monoisotopic (exact) mass is 445 g/mol. The smallest absolute Gasteiger partial charge is 0.0830 e. The summed E-state index contributed by atoms with van der Waals surface area (Å²) in [5, 5.41) is 15.8. The molecule has 0 bridgehead atoms. The molecular formula is C29H36NOP. The van der Waals surface area contributed by atoms with E-state index in [1.165, 1.54) is 28.8 Å². The standard InChI is InChI=1S/C29H36NOP/c1-21-19-20-25(22(2)30(3)4)28(21)29(31)26-17-11-12-18-27(26)32(23-13-7-5-8-14-23)24-15-9-6-10-16-24/h5-18,21-22,25,28-29,31H,19-20H2,1-4H3/t21?,22-,25?,28?,29?/m1/s1. The van der Waals surface area contributed by atoms with Crippen LogP contribution in [0, 0.1) is 17.8 Å². The molecule has 1 fully saturated rings. The number of aliphatic hydroxyl groups excluding tert-OH is 1. The Morgan fingerprint density at radius 1 is 0.812 bits per heavy atom. The van der Waals surface area contributed by atoms with Gasteiger partial charge in [-0.25, -0.2) is 0 Å². The number of aliphatic hydroxyl groups is 1. The Bertz CT molecular complexity index is 951. The zero-order valence-corrected chi connectivity index (χ0v) is 20.6. The number of nitrogens with zero attached hydrogens (tertiary/aromatic N) is 1. The van der Waals surface area contributed by atoms with Crippen molar-refractivity contribution in [3.8, 4) is 0 Å². The van der Waals surface area contributed by atoms with E-state index in [2.05, 4.69) is 118 Å². The van der Waals surface area contributed by atoms with Crippen molar-refractivity contribution >= 4 is 23.8 Å². The molecule has 1 N–H and O–H groups in total. The van der Waals surface area contributed by atoms with Crippen molar-refractivity contribution in [1.29, 1.82) is 0 Å². The highest BCUT2D eigenvalue weighted by molar-refractivity contribution is 7.79. The molecule has 0 heterocycles. The van der Waals surface area contributed by atoms with Gasteiger partial charge < -0.3 is 10.0 Å². The zero-order valence-electron chi connectivity index (χ0n) is 19.7. The molecule has 0 saturated heterocycles. The highest BCUT2D eigenvalue weighted by Gasteiger charge is 2.42. The highest BCUT2D eigenvalue weighted by atomic mass is 31.1. The molecule has 3 aromatic rings. The predicted octanol–water partition coefficient (Wildman–Crippen LogP) is 5.09. The van der Waals surface area contributed by atoms with E-state index in [0.29, 0.717) is 17.9 Å². The molecule has 4 unspecified atom stereocenters. The van der Waals surface area contributed by atoms with E-state index in [1.54, 1.807) is 0 Å². The third kappa shape index (κ3) is 4.69. The van der Waals surface area contributed by atoms with Crippen LogP contribution in [-0.2, 0) is 0 Å². The fourth-order valence-electron chi connectivity index (χ4n) is 5.48. The van der Waals surface area contributed by atoms with Gasteiger partial charge in [0.15, 0.2) is 0 Å². The third-order valence-electron chi connectivity index (χ3n) is 7.43. The lowest BCUT2D eigenvalue weighted by Crippen LogP contribution is -2.38. The number of hydrogen-bond acceptors (Lipinski definition) is 2. The lowest BCUT2D eigenvalue weighted by Gasteiger charge is -2.36. The molecule has 168 valence electrons. The molecule has 1 aliphatic carbocycles. The van der Waals surface area contributed by atoms with Crippen LogP contribution in [0.1, 0.15) is 38.4 Å². The molecule has 32 heavy (non-hydrogen) atoms. The van der Waals surface area contributed by atoms with Gasteiger partial charge in [0.2, 0.25) is 0 Å². The first-order valence-electron chi connectivity index (χ1n) is 11.8. The lowest BCUT2D eigenvalue weighted by atomic mass is 9.79. The largest absolute Gasteiger partial charge is 0.388 e. The Hall–Kier alpha value is -1.99. The first-order valence-corrected chi connectivity index (χ1v) is 13.2. The first-order chi connectivity index (χ1) is 15.5. The SMILES string of the molecule is CC1CCC([C@@H](C)N(C)C)C1C(O)c1ccccc1P(c1ccccc1)c1ccccc1. The average Bonchev–Trinajstić information content (AvgIpc) is 3.21. The quantitative estimate of drug-likeness (QED) is 0.512. The normalized spacial score (nSPS) is 22.9. The molecule has 3 aromatic carbocycles. The van der Waals surface area contributed by atoms with Crippen LogP contribution in [0.3, 0.4) is 0 Å². The molecule has 0 radical (unpaired) electrons. The Morgan fingerprint density at radius 2 is 1.34 bits per heavy atom. The van der Waals surface area contributed by atoms with Gasteiger partial charge in [-0.3, -0.25) is 0 Å². The summed E-state index contributed by atoms with van der Waals surface area (Å²) in [5.41, 5.74) is 1.11. The van der Waals surface area contributed by atoms with Crippen LogP contribution < -0.4 is 15.9 Å². The number of benzene rings is 3. The molecule has 0 spiro atoms. The molecule has 3 heteroatoms. The maximum absolute atomic E-state index is 11.9. The van der Waals surface area contributed by atoms with Crippen molar-refractivity contribution in [2.45, 2.75) is 38.8 Å². The minimum atomic E-state index is -0.740. The summed E-state index contributed by atoms with van der Waals surface area (Å²) < 4.78 is 0. The van der Waals surface area contributed by atoms with Crippen molar-refractivity contribution in [1.82, 2.24) is 4.90 Å². The molecular weight excluding hydrogens is 409 g/mol. The van der Waals surface area contributed by atoms with Crippen LogP contribution in [0.5, 0.6) is 0 Å². The predicted molar refractivity (Wildman–Crippen MR) is 139 cm³/mol. The van der Waals surface area contributed by atoms with Crippen molar-refractivity contribution < 1.29 is 5.11 Å². The molecule has 4 rings (SSSR count). The summed E-state index contributed by atoms with van der Waals surface area (Å²) in [5.74, 6) is 1.30. The van der Waals surface area contributed by atoms with Crippen molar-refractivity contribution in [3.63, 3.8) is 0 Å². The van der Waals surface area contributed by atoms with Gasteiger partial charge in [0.25, 0.3) is 0 Å². The lowest BCUT2D eigenvalue weighted by molar-refractivity contribution is 0.0410. The van der Waals surface area contributed by atoms with Crippen LogP contribution in [0.25, 0.3) is 0 Å². The fourth-order valence-corrected chi connectivity index (χ4v) is 7.98. The summed E-state index contributed by atoms with van der Waals surface area (Å²) in [7, 11) is 3.58. The van der Waals surface area contributed by atoms with E-state index in [-0.39, 0.29) is 5.92 Å². The Labute approximate surface area is 195 Å². The summed E-state index contributed by atoms with van der Waals surface area (Å²) in [4.78, 5) is 2.31. The topological polar surface area (TPSA) is 23.5 Å². The third-order valence-corrected chi connectivity index (χ3v) is 9.95. The zero-order chi connectivity index (χ0) is 22.7. The maximum Gasteiger partial charge on any atom is 0.0830 e. The van der Waals surface area contributed by atoms with E-state index in [1.807, 2.05) is 0 Å². The molecule has 0 aliphatic heterocycles. The fraction of sp³-hybridized carbons (Fsp3) is 0.379. The molecule has 5 atom stereocenters. The first kappa shape index (κ1) is 23.2. The molecule has 2 nitrogen and oxygen atoms in total. The van der Waals surface area contributed by atoms with Crippen LogP contribution >= 0.6 is 7.92 Å². The van der Waals surface area contributed by atoms with Gasteiger partial charge in [0.1, 0.15) is 0 Å². The van der Waals surface area contributed by atoms with Crippen LogP contribution in [0.4, 0.5) is 0 Å². The van der Waals surface area contributed by atoms with E-state index in [0.717, 1.165) is 5.56 Å². The van der Waals surface area contributed by atoms with E-state index in [4.69, 9.17) is 0 Å². The molecule has 1 aliphatic rings. The van der Waals surface area contributed by atoms with E-state index >= 15 is 0 Å². The summed E-state index contributed by atoms with van der Waals surface area (Å²) in [6.45, 7) is 4.64. The van der Waals surface area contributed by atoms with E-state index in [9.17, 15) is 5.11 Å². The maximum atomic E-state index is 11.9. The van der Waals surface area contributed by atoms with Gasteiger partial charge in [-0.15, -0.1) is 0 Å². The minimum Gasteiger partial charge on any atom is -0.388 e. The second-order valence-electron chi connectivity index (χ2n) is 9.51. The molecule has 1 saturated carbocycles. The highest BCUT2D eigenvalue weighted by Crippen LogP contribution is 2.47. The van der Waals surface area contributed by atoms with Gasteiger partial charge in [0.05, 0.1) is 6.10 Å². The van der Waals surface area contributed by atoms with E-state index < -0.39 is 14.0 Å². The Morgan fingerprint density at radius 3 is 1.91 bits per heavy atom. The van der Waals surface area contributed by atoms with Crippen LogP contribution in [0.15, 0.2) is 84.9 Å². The summed E-state index contributed by atoms with van der Waals surface area (Å²) in [6, 6.07) is 30.7. The Kier molecular flexibility index (Phi) is 7.46. The molecule has 0 amide bonds. The van der Waals surface area contributed by atoms with Crippen LogP contribution in [-0.4, -0.2) is 30.1 Å². The Balaban J connectivity index is 1.79. The van der Waals surface area contributed by atoms with Crippen LogP contribution in [0.2, 0.25) is 0 Å². The summed E-state index contributed by atoms with van der Waals surface area (Å²) >= 11 is 0.